The van der Waals surface area contributed by atoms with Crippen LogP contribution in [0.15, 0.2) is 18.2 Å². The van der Waals surface area contributed by atoms with Crippen LogP contribution in [-0.4, -0.2) is 31.8 Å². The minimum Gasteiger partial charge on any atom is -0.454 e. The number of benzene rings is 1. The Morgan fingerprint density at radius 3 is 2.76 bits per heavy atom. The van der Waals surface area contributed by atoms with Gasteiger partial charge in [0.05, 0.1) is 0 Å². The van der Waals surface area contributed by atoms with Gasteiger partial charge in [-0.3, -0.25) is 0 Å². The summed E-state index contributed by atoms with van der Waals surface area (Å²) in [6, 6.07) is 6.04. The zero-order valence-electron chi connectivity index (χ0n) is 12.9. The van der Waals surface area contributed by atoms with Gasteiger partial charge in [-0.05, 0) is 43.5 Å². The highest BCUT2D eigenvalue weighted by molar-refractivity contribution is 5.45. The molecule has 1 heterocycles. The first kappa shape index (κ1) is 14.7. The van der Waals surface area contributed by atoms with Crippen LogP contribution in [0.25, 0.3) is 0 Å². The summed E-state index contributed by atoms with van der Waals surface area (Å²) in [5.41, 5.74) is 7.48. The minimum absolute atomic E-state index is 0.0214. The number of hydrogen-bond acceptors (Lipinski definition) is 4. The molecule has 2 aliphatic rings. The lowest BCUT2D eigenvalue weighted by atomic mass is 9.89. The molecule has 1 aromatic rings. The zero-order chi connectivity index (χ0) is 14.7. The Bertz CT molecular complexity index is 472. The minimum atomic E-state index is 0.0214. The van der Waals surface area contributed by atoms with Crippen LogP contribution in [0.3, 0.4) is 0 Å². The monoisotopic (exact) mass is 290 g/mol. The lowest BCUT2D eigenvalue weighted by Crippen LogP contribution is -2.33. The Morgan fingerprint density at radius 1 is 1.19 bits per heavy atom. The molecule has 1 fully saturated rings. The van der Waals surface area contributed by atoms with Crippen LogP contribution in [0.4, 0.5) is 0 Å². The molecule has 0 saturated heterocycles. The van der Waals surface area contributed by atoms with Crippen molar-refractivity contribution >= 4 is 0 Å². The van der Waals surface area contributed by atoms with E-state index in [1.54, 1.807) is 0 Å². The molecule has 0 bridgehead atoms. The van der Waals surface area contributed by atoms with Crippen LogP contribution in [0.1, 0.15) is 43.7 Å². The molecule has 3 rings (SSSR count). The number of ether oxygens (including phenoxy) is 2. The number of nitrogens with two attached hydrogens (primary N) is 1. The summed E-state index contributed by atoms with van der Waals surface area (Å²) in [4.78, 5) is 2.38. The Labute approximate surface area is 127 Å². The predicted molar refractivity (Wildman–Crippen MR) is 83.6 cm³/mol. The van der Waals surface area contributed by atoms with Gasteiger partial charge in [0.2, 0.25) is 6.79 Å². The topological polar surface area (TPSA) is 47.7 Å². The van der Waals surface area contributed by atoms with Crippen LogP contribution in [0.2, 0.25) is 0 Å². The Kier molecular flexibility index (Phi) is 4.66. The largest absolute Gasteiger partial charge is 0.454 e. The van der Waals surface area contributed by atoms with Gasteiger partial charge in [-0.2, -0.15) is 0 Å². The lowest BCUT2D eigenvalue weighted by Gasteiger charge is -2.28. The molecule has 1 aromatic carbocycles. The molecule has 0 aromatic heterocycles. The first-order chi connectivity index (χ1) is 10.2. The van der Waals surface area contributed by atoms with Crippen molar-refractivity contribution in [3.05, 3.63) is 23.8 Å². The average molecular weight is 290 g/mol. The molecule has 116 valence electrons. The molecule has 0 radical (unpaired) electrons. The molecule has 1 aliphatic carbocycles. The fourth-order valence-corrected chi connectivity index (χ4v) is 3.47. The van der Waals surface area contributed by atoms with E-state index in [1.165, 1.54) is 32.1 Å². The van der Waals surface area contributed by atoms with Crippen molar-refractivity contribution in [2.24, 2.45) is 11.7 Å². The van der Waals surface area contributed by atoms with Crippen molar-refractivity contribution in [2.75, 3.05) is 26.9 Å². The number of rotatable bonds is 5. The van der Waals surface area contributed by atoms with Gasteiger partial charge in [0, 0.05) is 19.1 Å². The molecule has 1 unspecified atom stereocenters. The van der Waals surface area contributed by atoms with Crippen molar-refractivity contribution in [1.82, 2.24) is 4.90 Å². The molecule has 21 heavy (non-hydrogen) atoms. The highest BCUT2D eigenvalue weighted by atomic mass is 16.7. The second kappa shape index (κ2) is 6.67. The normalized spacial score (nSPS) is 20.0. The van der Waals surface area contributed by atoms with E-state index in [4.69, 9.17) is 15.2 Å². The molecule has 1 saturated carbocycles. The maximum absolute atomic E-state index is 6.36. The summed E-state index contributed by atoms with van der Waals surface area (Å²) in [6.07, 6.45) is 6.96. The molecular formula is C17H26N2O2. The number of hydrogen-bond donors (Lipinski definition) is 1. The molecule has 0 amide bonds. The Morgan fingerprint density at radius 2 is 1.95 bits per heavy atom. The van der Waals surface area contributed by atoms with Gasteiger partial charge in [0.25, 0.3) is 0 Å². The second-order valence-corrected chi connectivity index (χ2v) is 6.44. The fraction of sp³-hybridized carbons (Fsp3) is 0.647. The first-order valence-electron chi connectivity index (χ1n) is 8.06. The molecule has 1 atom stereocenters. The van der Waals surface area contributed by atoms with Gasteiger partial charge in [-0.1, -0.05) is 25.3 Å². The Hall–Kier alpha value is -1.26. The second-order valence-electron chi connectivity index (χ2n) is 6.44. The summed E-state index contributed by atoms with van der Waals surface area (Å²) >= 11 is 0. The van der Waals surface area contributed by atoms with Crippen molar-refractivity contribution in [3.63, 3.8) is 0 Å². The van der Waals surface area contributed by atoms with Gasteiger partial charge >= 0.3 is 0 Å². The van der Waals surface area contributed by atoms with Crippen molar-refractivity contribution in [1.29, 1.82) is 0 Å². The highest BCUT2D eigenvalue weighted by Gasteiger charge is 2.19. The van der Waals surface area contributed by atoms with E-state index in [9.17, 15) is 0 Å². The zero-order valence-corrected chi connectivity index (χ0v) is 12.9. The summed E-state index contributed by atoms with van der Waals surface area (Å²) in [5.74, 6) is 2.49. The smallest absolute Gasteiger partial charge is 0.231 e. The fourth-order valence-electron chi connectivity index (χ4n) is 3.47. The summed E-state index contributed by atoms with van der Waals surface area (Å²) in [7, 11) is 2.18. The Balaban J connectivity index is 1.54. The van der Waals surface area contributed by atoms with Crippen LogP contribution in [0, 0.1) is 5.92 Å². The number of fused-ring (bicyclic) bond motifs is 1. The van der Waals surface area contributed by atoms with Crippen LogP contribution in [-0.2, 0) is 0 Å². The van der Waals surface area contributed by atoms with Crippen LogP contribution in [0.5, 0.6) is 11.5 Å². The van der Waals surface area contributed by atoms with Gasteiger partial charge < -0.3 is 20.1 Å². The van der Waals surface area contributed by atoms with Crippen molar-refractivity contribution in [2.45, 2.75) is 38.1 Å². The van der Waals surface area contributed by atoms with Gasteiger partial charge in [0.15, 0.2) is 11.5 Å². The third-order valence-corrected chi connectivity index (χ3v) is 4.63. The maximum atomic E-state index is 6.36. The lowest BCUT2D eigenvalue weighted by molar-refractivity contribution is 0.174. The molecule has 2 N–H and O–H groups in total. The number of likely N-dealkylation sites (N-methyl/N-ethyl adjacent to an activating group) is 1. The van der Waals surface area contributed by atoms with E-state index in [-0.39, 0.29) is 6.04 Å². The van der Waals surface area contributed by atoms with E-state index in [2.05, 4.69) is 11.9 Å². The third-order valence-electron chi connectivity index (χ3n) is 4.63. The standard InChI is InChI=1S/C17H26N2O2/c1-19(10-13-5-3-2-4-6-13)11-15(18)14-7-8-16-17(9-14)21-12-20-16/h7-9,13,15H,2-6,10-12,18H2,1H3. The van der Waals surface area contributed by atoms with Crippen molar-refractivity contribution < 1.29 is 9.47 Å². The molecule has 0 spiro atoms. The molecule has 4 nitrogen and oxygen atoms in total. The molecule has 4 heteroatoms. The maximum Gasteiger partial charge on any atom is 0.231 e. The van der Waals surface area contributed by atoms with Crippen molar-refractivity contribution in [3.8, 4) is 11.5 Å². The molecular weight excluding hydrogens is 264 g/mol. The van der Waals surface area contributed by atoms with Crippen LogP contribution >= 0.6 is 0 Å². The summed E-state index contributed by atoms with van der Waals surface area (Å²) < 4.78 is 10.8. The SMILES string of the molecule is CN(CC1CCCCC1)CC(N)c1ccc2c(c1)OCO2. The van der Waals surface area contributed by atoms with Gasteiger partial charge in [-0.15, -0.1) is 0 Å². The summed E-state index contributed by atoms with van der Waals surface area (Å²) in [5, 5.41) is 0. The van der Waals surface area contributed by atoms with Gasteiger partial charge in [-0.25, -0.2) is 0 Å². The first-order valence-corrected chi connectivity index (χ1v) is 8.06. The quantitative estimate of drug-likeness (QED) is 0.906. The van der Waals surface area contributed by atoms with E-state index in [0.717, 1.165) is 36.1 Å². The third kappa shape index (κ3) is 3.69. The van der Waals surface area contributed by atoms with Gasteiger partial charge in [0.1, 0.15) is 0 Å². The van der Waals surface area contributed by atoms with Crippen LogP contribution < -0.4 is 15.2 Å². The number of nitrogens with zero attached hydrogens (tertiary/aromatic N) is 1. The summed E-state index contributed by atoms with van der Waals surface area (Å²) in [6.45, 7) is 2.37. The van der Waals surface area contributed by atoms with E-state index in [0.29, 0.717) is 6.79 Å². The van der Waals surface area contributed by atoms with E-state index < -0.39 is 0 Å². The van der Waals surface area contributed by atoms with E-state index >= 15 is 0 Å². The highest BCUT2D eigenvalue weighted by Crippen LogP contribution is 2.34. The average Bonchev–Trinajstić information content (AvgIpc) is 2.95. The molecule has 1 aliphatic heterocycles. The predicted octanol–water partition coefficient (Wildman–Crippen LogP) is 2.93. The van der Waals surface area contributed by atoms with E-state index in [1.807, 2.05) is 18.2 Å².